The Morgan fingerprint density at radius 2 is 2.29 bits per heavy atom. The summed E-state index contributed by atoms with van der Waals surface area (Å²) in [4.78, 5) is 4.26. The molecule has 5 heteroatoms. The molecule has 0 bridgehead atoms. The SMILES string of the molecule is Cn1ccnc1CC(N)c1ccc(Br)cc1Cl. The van der Waals surface area contributed by atoms with Gasteiger partial charge in [0.15, 0.2) is 0 Å². The fraction of sp³-hybridized carbons (Fsp3) is 0.250. The van der Waals surface area contributed by atoms with Crippen LogP contribution in [0.3, 0.4) is 0 Å². The molecule has 2 rings (SSSR count). The highest BCUT2D eigenvalue weighted by molar-refractivity contribution is 9.10. The first-order chi connectivity index (χ1) is 8.08. The molecule has 0 saturated carbocycles. The lowest BCUT2D eigenvalue weighted by molar-refractivity contribution is 0.660. The van der Waals surface area contributed by atoms with Crippen LogP contribution in [0.2, 0.25) is 5.02 Å². The smallest absolute Gasteiger partial charge is 0.110 e. The van der Waals surface area contributed by atoms with Crippen LogP contribution in [0.5, 0.6) is 0 Å². The number of rotatable bonds is 3. The van der Waals surface area contributed by atoms with Crippen molar-refractivity contribution in [2.45, 2.75) is 12.5 Å². The summed E-state index contributed by atoms with van der Waals surface area (Å²) in [6.45, 7) is 0. The fourth-order valence-corrected chi connectivity index (χ4v) is 2.52. The Labute approximate surface area is 114 Å². The molecule has 0 saturated heterocycles. The molecule has 1 atom stereocenters. The summed E-state index contributed by atoms with van der Waals surface area (Å²) in [5.74, 6) is 0.955. The molecule has 0 aliphatic carbocycles. The average molecular weight is 315 g/mol. The van der Waals surface area contributed by atoms with E-state index >= 15 is 0 Å². The Balaban J connectivity index is 2.20. The highest BCUT2D eigenvalue weighted by atomic mass is 79.9. The van der Waals surface area contributed by atoms with Crippen molar-refractivity contribution in [3.8, 4) is 0 Å². The largest absolute Gasteiger partial charge is 0.338 e. The number of aromatic nitrogens is 2. The van der Waals surface area contributed by atoms with Crippen LogP contribution in [0.4, 0.5) is 0 Å². The Morgan fingerprint density at radius 3 is 2.88 bits per heavy atom. The first-order valence-electron chi connectivity index (χ1n) is 5.24. The number of halogens is 2. The third-order valence-corrected chi connectivity index (χ3v) is 3.51. The number of nitrogens with two attached hydrogens (primary N) is 1. The zero-order valence-corrected chi connectivity index (χ0v) is 11.7. The molecule has 0 amide bonds. The van der Waals surface area contributed by atoms with Gasteiger partial charge in [0.25, 0.3) is 0 Å². The first kappa shape index (κ1) is 12.6. The standard InChI is InChI=1S/C12H13BrClN3/c1-17-5-4-16-12(17)7-11(15)9-3-2-8(13)6-10(9)14/h2-6,11H,7,15H2,1H3. The Kier molecular flexibility index (Phi) is 3.86. The van der Waals surface area contributed by atoms with Crippen molar-refractivity contribution in [1.82, 2.24) is 9.55 Å². The predicted molar refractivity (Wildman–Crippen MR) is 73.0 cm³/mol. The van der Waals surface area contributed by atoms with Gasteiger partial charge in [-0.05, 0) is 17.7 Å². The zero-order chi connectivity index (χ0) is 12.4. The van der Waals surface area contributed by atoms with E-state index < -0.39 is 0 Å². The van der Waals surface area contributed by atoms with Gasteiger partial charge >= 0.3 is 0 Å². The van der Waals surface area contributed by atoms with E-state index in [1.165, 1.54) is 0 Å². The minimum absolute atomic E-state index is 0.142. The maximum absolute atomic E-state index is 6.17. The fourth-order valence-electron chi connectivity index (χ4n) is 1.70. The number of imidazole rings is 1. The second kappa shape index (κ2) is 5.21. The van der Waals surface area contributed by atoms with Crippen molar-refractivity contribution >= 4 is 27.5 Å². The summed E-state index contributed by atoms with van der Waals surface area (Å²) in [6.07, 6.45) is 4.35. The van der Waals surface area contributed by atoms with Crippen LogP contribution in [0.15, 0.2) is 35.1 Å². The molecule has 2 N–H and O–H groups in total. The molecule has 17 heavy (non-hydrogen) atoms. The van der Waals surface area contributed by atoms with Crippen molar-refractivity contribution in [2.24, 2.45) is 12.8 Å². The monoisotopic (exact) mass is 313 g/mol. The highest BCUT2D eigenvalue weighted by Gasteiger charge is 2.13. The van der Waals surface area contributed by atoms with Gasteiger partial charge in [-0.3, -0.25) is 0 Å². The van der Waals surface area contributed by atoms with E-state index in [4.69, 9.17) is 17.3 Å². The van der Waals surface area contributed by atoms with Gasteiger partial charge in [0.2, 0.25) is 0 Å². The van der Waals surface area contributed by atoms with Gasteiger partial charge in [0, 0.05) is 41.4 Å². The summed E-state index contributed by atoms with van der Waals surface area (Å²) in [5, 5.41) is 0.682. The molecule has 1 aromatic carbocycles. The summed E-state index contributed by atoms with van der Waals surface area (Å²) in [5.41, 5.74) is 7.10. The van der Waals surface area contributed by atoms with Gasteiger partial charge in [0.1, 0.15) is 5.82 Å². The van der Waals surface area contributed by atoms with Gasteiger partial charge in [-0.2, -0.15) is 0 Å². The summed E-state index contributed by atoms with van der Waals surface area (Å²) in [6, 6.07) is 5.60. The lowest BCUT2D eigenvalue weighted by atomic mass is 10.0. The van der Waals surface area contributed by atoms with E-state index in [1.54, 1.807) is 6.20 Å². The van der Waals surface area contributed by atoms with Crippen molar-refractivity contribution in [3.05, 3.63) is 51.5 Å². The lowest BCUT2D eigenvalue weighted by Gasteiger charge is -2.13. The van der Waals surface area contributed by atoms with Crippen LogP contribution < -0.4 is 5.73 Å². The lowest BCUT2D eigenvalue weighted by Crippen LogP contribution is -2.16. The third kappa shape index (κ3) is 2.89. The van der Waals surface area contributed by atoms with E-state index in [2.05, 4.69) is 20.9 Å². The Hall–Kier alpha value is -0.840. The Morgan fingerprint density at radius 1 is 1.53 bits per heavy atom. The van der Waals surface area contributed by atoms with Crippen LogP contribution in [0.25, 0.3) is 0 Å². The molecule has 1 aromatic heterocycles. The van der Waals surface area contributed by atoms with Gasteiger partial charge in [-0.1, -0.05) is 33.6 Å². The van der Waals surface area contributed by atoms with Crippen molar-refractivity contribution in [2.75, 3.05) is 0 Å². The zero-order valence-electron chi connectivity index (χ0n) is 9.40. The topological polar surface area (TPSA) is 43.8 Å². The molecule has 1 unspecified atom stereocenters. The van der Waals surface area contributed by atoms with Crippen LogP contribution in [-0.4, -0.2) is 9.55 Å². The van der Waals surface area contributed by atoms with Gasteiger partial charge in [-0.25, -0.2) is 4.98 Å². The molecule has 2 aromatic rings. The molecular formula is C12H13BrClN3. The van der Waals surface area contributed by atoms with Crippen LogP contribution in [-0.2, 0) is 13.5 Å². The second-order valence-electron chi connectivity index (χ2n) is 3.93. The number of hydrogen-bond acceptors (Lipinski definition) is 2. The highest BCUT2D eigenvalue weighted by Crippen LogP contribution is 2.26. The molecule has 3 nitrogen and oxygen atoms in total. The summed E-state index contributed by atoms with van der Waals surface area (Å²) >= 11 is 9.54. The number of nitrogens with zero attached hydrogens (tertiary/aromatic N) is 2. The molecular weight excluding hydrogens is 302 g/mol. The average Bonchev–Trinajstić information content (AvgIpc) is 2.64. The molecule has 90 valence electrons. The number of aryl methyl sites for hydroxylation is 1. The van der Waals surface area contributed by atoms with Crippen LogP contribution >= 0.6 is 27.5 Å². The number of benzene rings is 1. The molecule has 0 spiro atoms. The van der Waals surface area contributed by atoms with Crippen molar-refractivity contribution < 1.29 is 0 Å². The molecule has 0 radical (unpaired) electrons. The minimum atomic E-state index is -0.142. The first-order valence-corrected chi connectivity index (χ1v) is 6.41. The maximum Gasteiger partial charge on any atom is 0.110 e. The van der Waals surface area contributed by atoms with E-state index in [1.807, 2.05) is 36.0 Å². The normalized spacial score (nSPS) is 12.7. The van der Waals surface area contributed by atoms with Crippen LogP contribution in [0.1, 0.15) is 17.4 Å². The van der Waals surface area contributed by atoms with Gasteiger partial charge < -0.3 is 10.3 Å². The molecule has 1 heterocycles. The maximum atomic E-state index is 6.17. The number of hydrogen-bond donors (Lipinski definition) is 1. The Bertz CT molecular complexity index is 524. The van der Waals surface area contributed by atoms with Crippen LogP contribution in [0, 0.1) is 0 Å². The summed E-state index contributed by atoms with van der Waals surface area (Å²) < 4.78 is 2.92. The van der Waals surface area contributed by atoms with Crippen molar-refractivity contribution in [1.29, 1.82) is 0 Å². The molecule has 0 aliphatic heterocycles. The van der Waals surface area contributed by atoms with E-state index in [9.17, 15) is 0 Å². The second-order valence-corrected chi connectivity index (χ2v) is 5.25. The van der Waals surface area contributed by atoms with Gasteiger partial charge in [-0.15, -0.1) is 0 Å². The third-order valence-electron chi connectivity index (χ3n) is 2.69. The predicted octanol–water partition coefficient (Wildman–Crippen LogP) is 3.08. The van der Waals surface area contributed by atoms with Gasteiger partial charge in [0.05, 0.1) is 0 Å². The molecule has 0 aliphatic rings. The molecule has 0 fully saturated rings. The van der Waals surface area contributed by atoms with Crippen molar-refractivity contribution in [3.63, 3.8) is 0 Å². The quantitative estimate of drug-likeness (QED) is 0.946. The minimum Gasteiger partial charge on any atom is -0.338 e. The van der Waals surface area contributed by atoms with E-state index in [-0.39, 0.29) is 6.04 Å². The van der Waals surface area contributed by atoms with E-state index in [0.29, 0.717) is 11.4 Å². The summed E-state index contributed by atoms with van der Waals surface area (Å²) in [7, 11) is 1.96. The van der Waals surface area contributed by atoms with E-state index in [0.717, 1.165) is 15.9 Å².